The van der Waals surface area contributed by atoms with Crippen LogP contribution in [-0.4, -0.2) is 17.0 Å². The molecule has 0 saturated heterocycles. The zero-order valence-electron chi connectivity index (χ0n) is 15.1. The summed E-state index contributed by atoms with van der Waals surface area (Å²) < 4.78 is 7.39. The van der Waals surface area contributed by atoms with Crippen molar-refractivity contribution in [1.82, 2.24) is 9.88 Å². The first-order valence-corrected chi connectivity index (χ1v) is 8.44. The molecule has 5 nitrogen and oxygen atoms in total. The summed E-state index contributed by atoms with van der Waals surface area (Å²) in [4.78, 5) is 12.8. The maximum absolute atomic E-state index is 12.8. The van der Waals surface area contributed by atoms with Crippen LogP contribution in [0.25, 0.3) is 5.88 Å². The van der Waals surface area contributed by atoms with Crippen molar-refractivity contribution in [1.29, 1.82) is 5.26 Å². The Kier molecular flexibility index (Phi) is 4.68. The number of aromatic nitrogens is 1. The van der Waals surface area contributed by atoms with E-state index in [1.54, 1.807) is 23.9 Å². The molecule has 0 bridgehead atoms. The van der Waals surface area contributed by atoms with Gasteiger partial charge >= 0.3 is 0 Å². The molecule has 0 fully saturated rings. The molecule has 0 unspecified atom stereocenters. The van der Waals surface area contributed by atoms with Crippen LogP contribution in [0, 0.1) is 18.3 Å². The predicted molar refractivity (Wildman–Crippen MR) is 99.3 cm³/mol. The predicted octanol–water partition coefficient (Wildman–Crippen LogP) is 3.96. The number of nitriles is 1. The molecule has 0 saturated carbocycles. The van der Waals surface area contributed by atoms with E-state index in [-0.39, 0.29) is 16.9 Å². The van der Waals surface area contributed by atoms with Gasteiger partial charge in [-0.2, -0.15) is 5.26 Å². The van der Waals surface area contributed by atoms with Gasteiger partial charge in [0.1, 0.15) is 23.0 Å². The van der Waals surface area contributed by atoms with Crippen molar-refractivity contribution in [3.05, 3.63) is 77.3 Å². The van der Waals surface area contributed by atoms with Crippen LogP contribution >= 0.6 is 0 Å². The van der Waals surface area contributed by atoms with Crippen molar-refractivity contribution in [2.24, 2.45) is 0 Å². The van der Waals surface area contributed by atoms with Crippen LogP contribution in [0.3, 0.4) is 0 Å². The lowest BCUT2D eigenvalue weighted by molar-refractivity contribution is 0.0944. The molecule has 1 amide bonds. The van der Waals surface area contributed by atoms with E-state index >= 15 is 0 Å². The van der Waals surface area contributed by atoms with E-state index in [0.29, 0.717) is 23.8 Å². The Morgan fingerprint density at radius 3 is 2.46 bits per heavy atom. The molecule has 26 heavy (non-hydrogen) atoms. The number of nitrogens with one attached hydrogen (secondary N) is 1. The molecule has 0 radical (unpaired) electrons. The van der Waals surface area contributed by atoms with Crippen LogP contribution in [0.5, 0.6) is 0 Å². The highest BCUT2D eigenvalue weighted by molar-refractivity contribution is 5.98. The molecule has 0 spiro atoms. The Balaban J connectivity index is 1.84. The Morgan fingerprint density at radius 1 is 1.19 bits per heavy atom. The van der Waals surface area contributed by atoms with Gasteiger partial charge in [-0.1, -0.05) is 44.2 Å². The first kappa shape index (κ1) is 17.6. The quantitative estimate of drug-likeness (QED) is 0.759. The summed E-state index contributed by atoms with van der Waals surface area (Å²) in [7, 11) is 0. The summed E-state index contributed by atoms with van der Waals surface area (Å²) in [6, 6.07) is 15.8. The Hall–Kier alpha value is -3.26. The normalized spacial score (nSPS) is 11.2. The number of carbonyl (C=O) groups is 1. The van der Waals surface area contributed by atoms with Crippen LogP contribution < -0.4 is 5.32 Å². The summed E-state index contributed by atoms with van der Waals surface area (Å²) in [5.74, 6) is 0.493. The van der Waals surface area contributed by atoms with Gasteiger partial charge in [-0.05, 0) is 24.6 Å². The van der Waals surface area contributed by atoms with Crippen molar-refractivity contribution < 1.29 is 9.21 Å². The van der Waals surface area contributed by atoms with E-state index in [4.69, 9.17) is 4.42 Å². The number of hydrogen-bond donors (Lipinski definition) is 1. The minimum absolute atomic E-state index is 0.232. The van der Waals surface area contributed by atoms with E-state index < -0.39 is 0 Å². The van der Waals surface area contributed by atoms with Gasteiger partial charge in [0, 0.05) is 24.4 Å². The van der Waals surface area contributed by atoms with Crippen LogP contribution in [0.4, 0.5) is 0 Å². The van der Waals surface area contributed by atoms with Crippen LogP contribution in [0.15, 0.2) is 59.3 Å². The summed E-state index contributed by atoms with van der Waals surface area (Å²) in [5.41, 5.74) is 1.44. The zero-order chi connectivity index (χ0) is 18.7. The third-order valence-electron chi connectivity index (χ3n) is 4.49. The van der Waals surface area contributed by atoms with Crippen LogP contribution in [-0.2, 0) is 5.41 Å². The van der Waals surface area contributed by atoms with Crippen molar-refractivity contribution in [2.75, 3.05) is 6.54 Å². The topological polar surface area (TPSA) is 71.0 Å². The number of benzene rings is 1. The van der Waals surface area contributed by atoms with Crippen molar-refractivity contribution >= 4 is 5.91 Å². The molecule has 2 aromatic heterocycles. The fourth-order valence-electron chi connectivity index (χ4n) is 2.94. The highest BCUT2D eigenvalue weighted by atomic mass is 16.4. The third kappa shape index (κ3) is 3.27. The second kappa shape index (κ2) is 6.93. The molecule has 1 N–H and O–H groups in total. The zero-order valence-corrected chi connectivity index (χ0v) is 15.1. The molecule has 1 aromatic carbocycles. The average molecular weight is 347 g/mol. The number of nitrogens with zero attached hydrogens (tertiary/aromatic N) is 2. The summed E-state index contributed by atoms with van der Waals surface area (Å²) >= 11 is 0. The van der Waals surface area contributed by atoms with Crippen molar-refractivity contribution in [3.63, 3.8) is 0 Å². The number of rotatable bonds is 5. The van der Waals surface area contributed by atoms with Gasteiger partial charge in [-0.15, -0.1) is 0 Å². The maximum Gasteiger partial charge on any atom is 0.256 e. The van der Waals surface area contributed by atoms with Crippen molar-refractivity contribution in [2.45, 2.75) is 26.2 Å². The Morgan fingerprint density at radius 2 is 1.85 bits per heavy atom. The minimum Gasteiger partial charge on any atom is -0.443 e. The number of amides is 1. The summed E-state index contributed by atoms with van der Waals surface area (Å²) in [5, 5.41) is 12.5. The fraction of sp³-hybridized carbons (Fsp3) is 0.238. The molecule has 5 heteroatoms. The largest absolute Gasteiger partial charge is 0.443 e. The van der Waals surface area contributed by atoms with Gasteiger partial charge in [0.15, 0.2) is 0 Å². The van der Waals surface area contributed by atoms with E-state index in [9.17, 15) is 10.1 Å². The molecule has 3 aromatic rings. The number of furan rings is 1. The third-order valence-corrected chi connectivity index (χ3v) is 4.49. The molecule has 0 atom stereocenters. The number of aryl methyl sites for hydroxylation is 1. The van der Waals surface area contributed by atoms with Crippen LogP contribution in [0.2, 0.25) is 0 Å². The second-order valence-electron chi connectivity index (χ2n) is 6.85. The van der Waals surface area contributed by atoms with Gasteiger partial charge < -0.3 is 9.73 Å². The molecular formula is C21H21N3O2. The molecule has 0 aliphatic carbocycles. The number of carbonyl (C=O) groups excluding carboxylic acids is 1. The molecular weight excluding hydrogens is 326 g/mol. The molecule has 0 aliphatic heterocycles. The molecule has 132 valence electrons. The first-order chi connectivity index (χ1) is 12.4. The first-order valence-electron chi connectivity index (χ1n) is 8.44. The molecule has 3 rings (SSSR count). The van der Waals surface area contributed by atoms with Gasteiger partial charge in [0.25, 0.3) is 5.91 Å². The van der Waals surface area contributed by atoms with Gasteiger partial charge in [-0.25, -0.2) is 0 Å². The lowest BCUT2D eigenvalue weighted by Crippen LogP contribution is -2.37. The highest BCUT2D eigenvalue weighted by Gasteiger charge is 2.27. The molecule has 2 heterocycles. The number of hydrogen-bond acceptors (Lipinski definition) is 3. The van der Waals surface area contributed by atoms with Crippen LogP contribution in [0.1, 0.15) is 41.1 Å². The summed E-state index contributed by atoms with van der Waals surface area (Å²) in [6.45, 7) is 6.29. The fourth-order valence-corrected chi connectivity index (χ4v) is 2.94. The van der Waals surface area contributed by atoms with E-state index in [2.05, 4.69) is 25.2 Å². The minimum atomic E-state index is -0.301. The van der Waals surface area contributed by atoms with E-state index in [1.807, 2.05) is 42.5 Å². The van der Waals surface area contributed by atoms with Gasteiger partial charge in [-0.3, -0.25) is 9.36 Å². The second-order valence-corrected chi connectivity index (χ2v) is 6.85. The monoisotopic (exact) mass is 347 g/mol. The van der Waals surface area contributed by atoms with E-state index in [0.717, 1.165) is 5.56 Å². The standard InChI is InChI=1S/C21H21N3O2/c1-15-18(17(13-22)20(26-15)24-11-7-8-12-24)19(25)23-14-21(2,3)16-9-5-4-6-10-16/h4-12H,14H2,1-3H3,(H,23,25). The highest BCUT2D eigenvalue weighted by Crippen LogP contribution is 2.26. The Labute approximate surface area is 152 Å². The van der Waals surface area contributed by atoms with E-state index in [1.165, 1.54) is 0 Å². The lowest BCUT2D eigenvalue weighted by Gasteiger charge is -2.25. The summed E-state index contributed by atoms with van der Waals surface area (Å²) in [6.07, 6.45) is 3.55. The Bertz CT molecular complexity index is 945. The van der Waals surface area contributed by atoms with Gasteiger partial charge in [0.2, 0.25) is 5.88 Å². The lowest BCUT2D eigenvalue weighted by atomic mass is 9.84. The maximum atomic E-state index is 12.8. The average Bonchev–Trinajstić information content (AvgIpc) is 3.27. The molecule has 0 aliphatic rings. The van der Waals surface area contributed by atoms with Crippen molar-refractivity contribution in [3.8, 4) is 12.0 Å². The van der Waals surface area contributed by atoms with Gasteiger partial charge in [0.05, 0.1) is 0 Å². The smallest absolute Gasteiger partial charge is 0.256 e. The SMILES string of the molecule is Cc1oc(-n2cccc2)c(C#N)c1C(=O)NCC(C)(C)c1ccccc1.